The molecule has 0 unspecified atom stereocenters. The van der Waals surface area contributed by atoms with E-state index in [2.05, 4.69) is 4.85 Å². The molecule has 6 heteroatoms. The van der Waals surface area contributed by atoms with Crippen LogP contribution in [-0.4, -0.2) is 23.3 Å². The maximum absolute atomic E-state index is 13.5. The Morgan fingerprint density at radius 1 is 1.09 bits per heavy atom. The van der Waals surface area contributed by atoms with E-state index in [9.17, 15) is 14.4 Å². The van der Waals surface area contributed by atoms with Gasteiger partial charge in [-0.2, -0.15) is 0 Å². The second kappa shape index (κ2) is 8.58. The van der Waals surface area contributed by atoms with Crippen LogP contribution in [0.5, 0.6) is 0 Å². The molecule has 2 aromatic carbocycles. The van der Waals surface area contributed by atoms with Crippen LogP contribution in [0.4, 0.5) is 21.9 Å². The number of carbonyl (C=O) groups excluding carboxylic acids is 3. The Labute approximate surface area is 188 Å². The smallest absolute Gasteiger partial charge is 0.300 e. The molecule has 0 aromatic heterocycles. The minimum atomic E-state index is -0.821. The Morgan fingerprint density at radius 2 is 1.78 bits per heavy atom. The van der Waals surface area contributed by atoms with Gasteiger partial charge in [-0.3, -0.25) is 14.5 Å². The van der Waals surface area contributed by atoms with E-state index in [1.165, 1.54) is 4.90 Å². The normalized spacial score (nSPS) is 16.9. The SMILES string of the molecule is [C-]#[N+]c1ccc(N2C(=O)N(c3ccc(CCCC(=O)CC)cc3)C3(CCC3)C2=O)cc1C. The number of aryl methyl sites for hydroxylation is 2. The van der Waals surface area contributed by atoms with Crippen molar-refractivity contribution in [2.75, 3.05) is 9.80 Å². The van der Waals surface area contributed by atoms with E-state index >= 15 is 0 Å². The highest BCUT2D eigenvalue weighted by Crippen LogP contribution is 2.47. The van der Waals surface area contributed by atoms with Crippen molar-refractivity contribution in [3.63, 3.8) is 0 Å². The van der Waals surface area contributed by atoms with Crippen LogP contribution >= 0.6 is 0 Å². The molecule has 164 valence electrons. The zero-order valence-corrected chi connectivity index (χ0v) is 18.6. The first-order chi connectivity index (χ1) is 15.4. The highest BCUT2D eigenvalue weighted by Gasteiger charge is 2.61. The summed E-state index contributed by atoms with van der Waals surface area (Å²) in [5, 5.41) is 0. The van der Waals surface area contributed by atoms with Crippen LogP contribution in [0.1, 0.15) is 56.6 Å². The number of carbonyl (C=O) groups is 3. The summed E-state index contributed by atoms with van der Waals surface area (Å²) in [6.45, 7) is 10.9. The van der Waals surface area contributed by atoms with Gasteiger partial charge in [-0.15, -0.1) is 0 Å². The summed E-state index contributed by atoms with van der Waals surface area (Å²) in [5.74, 6) is 0.0837. The second-order valence-electron chi connectivity index (χ2n) is 8.64. The molecule has 0 atom stereocenters. The first kappa shape index (κ1) is 21.8. The van der Waals surface area contributed by atoms with Gasteiger partial charge in [0.05, 0.1) is 12.3 Å². The number of imide groups is 1. The van der Waals surface area contributed by atoms with Crippen LogP contribution in [0.25, 0.3) is 4.85 Å². The largest absolute Gasteiger partial charge is 0.336 e. The molecular weight excluding hydrogens is 402 g/mol. The van der Waals surface area contributed by atoms with Gasteiger partial charge in [0.15, 0.2) is 5.69 Å². The van der Waals surface area contributed by atoms with Crippen LogP contribution in [0, 0.1) is 13.5 Å². The van der Waals surface area contributed by atoms with Crippen molar-refractivity contribution in [3.8, 4) is 0 Å². The van der Waals surface area contributed by atoms with Gasteiger partial charge in [0.1, 0.15) is 11.3 Å². The molecule has 4 rings (SSSR count). The van der Waals surface area contributed by atoms with Crippen molar-refractivity contribution in [2.24, 2.45) is 0 Å². The average molecular weight is 430 g/mol. The number of hydrogen-bond donors (Lipinski definition) is 0. The molecular formula is C26H27N3O3. The van der Waals surface area contributed by atoms with E-state index in [0.29, 0.717) is 42.7 Å². The Kier molecular flexibility index (Phi) is 5.84. The third kappa shape index (κ3) is 3.58. The number of Topliss-reactive ketones (excluding diaryl/α,β-unsaturated/α-hetero) is 1. The average Bonchev–Trinajstić information content (AvgIpc) is 3.00. The molecule has 0 bridgehead atoms. The van der Waals surface area contributed by atoms with Gasteiger partial charge in [-0.1, -0.05) is 25.1 Å². The van der Waals surface area contributed by atoms with Crippen LogP contribution < -0.4 is 9.80 Å². The number of anilines is 2. The minimum absolute atomic E-state index is 0.189. The van der Waals surface area contributed by atoms with Gasteiger partial charge in [0.2, 0.25) is 0 Å². The van der Waals surface area contributed by atoms with Crippen molar-refractivity contribution in [1.82, 2.24) is 0 Å². The highest BCUT2D eigenvalue weighted by molar-refractivity contribution is 6.30. The summed E-state index contributed by atoms with van der Waals surface area (Å²) in [6.07, 6.45) is 4.97. The fourth-order valence-electron chi connectivity index (χ4n) is 4.59. The van der Waals surface area contributed by atoms with E-state index in [1.54, 1.807) is 23.1 Å². The van der Waals surface area contributed by atoms with Crippen molar-refractivity contribution < 1.29 is 14.4 Å². The summed E-state index contributed by atoms with van der Waals surface area (Å²) in [4.78, 5) is 44.8. The minimum Gasteiger partial charge on any atom is -0.300 e. The molecule has 1 spiro atoms. The Bertz CT molecular complexity index is 1110. The standard InChI is InChI=1S/C26H27N3O3/c1-4-22(30)8-5-7-19-9-11-20(12-10-19)29-25(32)28(24(31)26(29)15-6-16-26)21-13-14-23(27-3)18(2)17-21/h9-14,17H,4-8,15-16H2,1-2H3. The molecule has 2 aliphatic rings. The van der Waals surface area contributed by atoms with E-state index in [1.807, 2.05) is 38.1 Å². The van der Waals surface area contributed by atoms with Crippen LogP contribution in [0.3, 0.4) is 0 Å². The first-order valence-electron chi connectivity index (χ1n) is 11.2. The van der Waals surface area contributed by atoms with Gasteiger partial charge in [0.25, 0.3) is 5.91 Å². The number of ketones is 1. The number of amides is 3. The molecule has 2 fully saturated rings. The fraction of sp³-hybridized carbons (Fsp3) is 0.385. The predicted octanol–water partition coefficient (Wildman–Crippen LogP) is 5.74. The van der Waals surface area contributed by atoms with Gasteiger partial charge >= 0.3 is 6.03 Å². The number of hydrogen-bond acceptors (Lipinski definition) is 3. The third-order valence-electron chi connectivity index (χ3n) is 6.66. The monoisotopic (exact) mass is 429 g/mol. The molecule has 6 nitrogen and oxygen atoms in total. The van der Waals surface area contributed by atoms with Gasteiger partial charge in [-0.05, 0) is 74.4 Å². The number of benzene rings is 2. The first-order valence-corrected chi connectivity index (χ1v) is 11.2. The zero-order chi connectivity index (χ0) is 22.9. The summed E-state index contributed by atoms with van der Waals surface area (Å²) in [6, 6.07) is 12.5. The molecule has 1 aliphatic carbocycles. The van der Waals surface area contributed by atoms with E-state index < -0.39 is 5.54 Å². The lowest BCUT2D eigenvalue weighted by atomic mass is 9.75. The molecule has 1 saturated heterocycles. The maximum Gasteiger partial charge on any atom is 0.336 e. The quantitative estimate of drug-likeness (QED) is 0.416. The Hall–Kier alpha value is -3.46. The number of rotatable bonds is 7. The summed E-state index contributed by atoms with van der Waals surface area (Å²) in [5.41, 5.74) is 2.77. The molecule has 1 aliphatic heterocycles. The van der Waals surface area contributed by atoms with E-state index in [-0.39, 0.29) is 17.7 Å². The Balaban J connectivity index is 1.59. The molecule has 32 heavy (non-hydrogen) atoms. The van der Waals surface area contributed by atoms with Gasteiger partial charge in [-0.25, -0.2) is 14.5 Å². The lowest BCUT2D eigenvalue weighted by Gasteiger charge is -2.42. The molecule has 1 heterocycles. The summed E-state index contributed by atoms with van der Waals surface area (Å²) < 4.78 is 0. The van der Waals surface area contributed by atoms with Crippen molar-refractivity contribution in [3.05, 3.63) is 65.0 Å². The molecule has 2 aromatic rings. The summed E-state index contributed by atoms with van der Waals surface area (Å²) >= 11 is 0. The maximum atomic E-state index is 13.5. The summed E-state index contributed by atoms with van der Waals surface area (Å²) in [7, 11) is 0. The highest BCUT2D eigenvalue weighted by atomic mass is 16.2. The molecule has 1 saturated carbocycles. The van der Waals surface area contributed by atoms with Crippen molar-refractivity contribution in [1.29, 1.82) is 0 Å². The number of urea groups is 1. The van der Waals surface area contributed by atoms with Crippen LogP contribution in [0.2, 0.25) is 0 Å². The molecule has 0 radical (unpaired) electrons. The van der Waals surface area contributed by atoms with Crippen molar-refractivity contribution >= 4 is 34.8 Å². The molecule has 3 amide bonds. The molecule has 0 N–H and O–H groups in total. The van der Waals surface area contributed by atoms with Gasteiger partial charge in [0, 0.05) is 18.5 Å². The number of nitrogens with zero attached hydrogens (tertiary/aromatic N) is 3. The van der Waals surface area contributed by atoms with Gasteiger partial charge < -0.3 is 0 Å². The van der Waals surface area contributed by atoms with Crippen molar-refractivity contribution in [2.45, 2.75) is 64.3 Å². The second-order valence-corrected chi connectivity index (χ2v) is 8.64. The predicted molar refractivity (Wildman–Crippen MR) is 124 cm³/mol. The lowest BCUT2D eigenvalue weighted by Crippen LogP contribution is -2.55. The zero-order valence-electron chi connectivity index (χ0n) is 18.6. The third-order valence-corrected chi connectivity index (χ3v) is 6.66. The lowest BCUT2D eigenvalue weighted by molar-refractivity contribution is -0.124. The van der Waals surface area contributed by atoms with E-state index in [0.717, 1.165) is 30.4 Å². The fourth-order valence-corrected chi connectivity index (χ4v) is 4.59. The topological polar surface area (TPSA) is 62.1 Å². The van der Waals surface area contributed by atoms with E-state index in [4.69, 9.17) is 6.57 Å². The van der Waals surface area contributed by atoms with Crippen LogP contribution in [-0.2, 0) is 16.0 Å². The Morgan fingerprint density at radius 3 is 2.34 bits per heavy atom. The van der Waals surface area contributed by atoms with Crippen LogP contribution in [0.15, 0.2) is 42.5 Å².